The number of hydrogen-bond acceptors (Lipinski definition) is 5. The summed E-state index contributed by atoms with van der Waals surface area (Å²) in [7, 11) is 1.25. The molecule has 0 bridgehead atoms. The van der Waals surface area contributed by atoms with Crippen LogP contribution < -0.4 is 0 Å². The smallest absolute Gasteiger partial charge is 0.310 e. The van der Waals surface area contributed by atoms with Gasteiger partial charge < -0.3 is 19.5 Å². The highest BCUT2D eigenvalue weighted by molar-refractivity contribution is 8.15. The first-order valence-electron chi connectivity index (χ1n) is 15.1. The fourth-order valence-electron chi connectivity index (χ4n) is 11.5. The molecule has 0 saturated heterocycles. The van der Waals surface area contributed by atoms with Gasteiger partial charge in [-0.1, -0.05) is 51.2 Å². The zero-order valence-electron chi connectivity index (χ0n) is 24.6. The summed E-state index contributed by atoms with van der Waals surface area (Å²) in [6.45, 7) is 13.5. The van der Waals surface area contributed by atoms with Crippen LogP contribution in [0.3, 0.4) is 0 Å². The molecule has 12 atom stereocenters. The Labute approximate surface area is 230 Å². The summed E-state index contributed by atoms with van der Waals surface area (Å²) < 4.78 is 13.3. The second-order valence-corrected chi connectivity index (χ2v) is 15.0. The van der Waals surface area contributed by atoms with Crippen LogP contribution >= 0.6 is 11.9 Å². The third-order valence-corrected chi connectivity index (χ3v) is 13.6. The van der Waals surface area contributed by atoms with E-state index < -0.39 is 29.0 Å². The van der Waals surface area contributed by atoms with Gasteiger partial charge in [-0.25, -0.2) is 0 Å². The van der Waals surface area contributed by atoms with E-state index in [1.54, 1.807) is 0 Å². The molecule has 0 amide bonds. The molecule has 0 aromatic rings. The Hall–Kier alpha value is -0.495. The first kappa shape index (κ1) is 26.7. The van der Waals surface area contributed by atoms with Crippen LogP contribution in [0.15, 0.2) is 11.6 Å². The van der Waals surface area contributed by atoms with Crippen molar-refractivity contribution in [2.24, 2.45) is 50.7 Å². The van der Waals surface area contributed by atoms with E-state index in [0.29, 0.717) is 43.9 Å². The first-order chi connectivity index (χ1) is 17.7. The number of aliphatic carboxylic acids is 1. The van der Waals surface area contributed by atoms with E-state index in [2.05, 4.69) is 33.8 Å². The predicted octanol–water partition coefficient (Wildman–Crippen LogP) is 5.66. The minimum atomic E-state index is -0.902. The van der Waals surface area contributed by atoms with Crippen molar-refractivity contribution in [1.29, 1.82) is 1.34 Å². The average molecular weight is 534 g/mol. The third kappa shape index (κ3) is 3.51. The van der Waals surface area contributed by atoms with Crippen LogP contribution in [0.2, 0.25) is 0 Å². The van der Waals surface area contributed by atoms with Crippen molar-refractivity contribution in [2.75, 3.05) is 0 Å². The Morgan fingerprint density at radius 1 is 1.19 bits per heavy atom. The van der Waals surface area contributed by atoms with Crippen molar-refractivity contribution >= 4 is 25.0 Å². The number of allylic oxidation sites excluding steroid dienone is 2. The zero-order valence-corrected chi connectivity index (χ0v) is 24.4. The van der Waals surface area contributed by atoms with Crippen LogP contribution in [0.1, 0.15) is 99.3 Å². The van der Waals surface area contributed by atoms with Gasteiger partial charge in [0.05, 0.1) is 23.7 Å². The lowest BCUT2D eigenvalue weighted by molar-refractivity contribution is -0.239. The molecule has 1 spiro atoms. The second kappa shape index (κ2) is 9.01. The molecule has 10 unspecified atom stereocenters. The van der Waals surface area contributed by atoms with Gasteiger partial charge in [-0.3, -0.25) is 4.79 Å². The monoisotopic (exact) mass is 533 g/mol. The molecular weight excluding hydrogens is 483 g/mol. The molecule has 0 heterocycles. The molecular formula is C30H48BO5S. The standard InChI is InChI=1S/C30H48BO5S/c1-17(2)8-7-11-29(25(34)35)16-30(29)22-14-20(32)24-26(4)12-10-21(36-37-31)18(3)19(26)9-13-27(24,5)28(22,6)15-23(30)33/h8,18-24,31-33H,7,9-16H2,1-6H3,(H,34,35)/t18?,19?,20?,21?,22?,23?,24?,26-,27?,28-,29?,30?/m0/s1/i31T. The van der Waals surface area contributed by atoms with E-state index >= 15 is 0 Å². The number of carbonyl (C=O) groups is 1. The zero-order chi connectivity index (χ0) is 27.9. The molecule has 37 heavy (non-hydrogen) atoms. The van der Waals surface area contributed by atoms with Gasteiger partial charge >= 0.3 is 5.97 Å². The Morgan fingerprint density at radius 3 is 2.57 bits per heavy atom. The quantitative estimate of drug-likeness (QED) is 0.222. The summed E-state index contributed by atoms with van der Waals surface area (Å²) in [4.78, 5) is 12.8. The fraction of sp³-hybridized carbons (Fsp3) is 0.900. The van der Waals surface area contributed by atoms with E-state index in [4.69, 9.17) is 5.52 Å². The van der Waals surface area contributed by atoms with Gasteiger partial charge in [0.15, 0.2) is 0 Å². The van der Waals surface area contributed by atoms with Gasteiger partial charge in [-0.2, -0.15) is 0 Å². The molecule has 0 aromatic heterocycles. The van der Waals surface area contributed by atoms with Gasteiger partial charge in [0.1, 0.15) is 0 Å². The summed E-state index contributed by atoms with van der Waals surface area (Å²) in [5, 5.41) is 34.3. The van der Waals surface area contributed by atoms with Gasteiger partial charge in [-0.05, 0) is 113 Å². The Balaban J connectivity index is 1.48. The van der Waals surface area contributed by atoms with Crippen molar-refractivity contribution in [2.45, 2.75) is 118 Å². The lowest BCUT2D eigenvalue weighted by Crippen LogP contribution is -2.66. The SMILES string of the molecule is [3H][B]SOC1CC[C@@]2(C)C(CCC3(C)C2C(O)CC2C4(CC4(CCC=C(C)C)C(=O)O)C(O)C[C@@]23C)C1C. The lowest BCUT2D eigenvalue weighted by Gasteiger charge is -2.69. The lowest BCUT2D eigenvalue weighted by atomic mass is 9.36. The summed E-state index contributed by atoms with van der Waals surface area (Å²) in [5.41, 5.74) is -0.775. The highest BCUT2D eigenvalue weighted by atomic mass is 32.2. The van der Waals surface area contributed by atoms with Crippen LogP contribution in [-0.4, -0.2) is 48.0 Å². The topological polar surface area (TPSA) is 87.0 Å². The molecule has 207 valence electrons. The van der Waals surface area contributed by atoms with E-state index in [-0.39, 0.29) is 34.2 Å². The fourth-order valence-corrected chi connectivity index (χ4v) is 11.9. The molecule has 3 N–H and O–H groups in total. The number of hydrogen-bond donors (Lipinski definition) is 3. The normalized spacial score (nSPS) is 54.5. The number of carboxylic acids is 1. The van der Waals surface area contributed by atoms with E-state index in [1.165, 1.54) is 12.7 Å². The minimum Gasteiger partial charge on any atom is -0.481 e. The van der Waals surface area contributed by atoms with Gasteiger partial charge in [0, 0.05) is 5.41 Å². The van der Waals surface area contributed by atoms with Crippen LogP contribution in [0.4, 0.5) is 0 Å². The van der Waals surface area contributed by atoms with Crippen LogP contribution in [0.25, 0.3) is 0 Å². The summed E-state index contributed by atoms with van der Waals surface area (Å²) in [6, 6.07) is 0. The molecule has 7 heteroatoms. The maximum Gasteiger partial charge on any atom is 0.310 e. The molecule has 5 aliphatic rings. The van der Waals surface area contributed by atoms with E-state index in [0.717, 1.165) is 37.6 Å². The predicted molar refractivity (Wildman–Crippen MR) is 149 cm³/mol. The molecule has 5 saturated carbocycles. The summed E-state index contributed by atoms with van der Waals surface area (Å²) in [5.74, 6) is 0.131. The number of rotatable bonds is 7. The molecule has 1 radical (unpaired) electrons. The van der Waals surface area contributed by atoms with Crippen LogP contribution in [0, 0.1) is 50.7 Å². The number of aliphatic hydroxyl groups is 2. The van der Waals surface area contributed by atoms with Gasteiger partial charge in [0.2, 0.25) is 7.09 Å². The largest absolute Gasteiger partial charge is 0.481 e. The highest BCUT2D eigenvalue weighted by Gasteiger charge is 2.85. The van der Waals surface area contributed by atoms with Crippen LogP contribution in [0.5, 0.6) is 0 Å². The first-order valence-corrected chi connectivity index (χ1v) is 15.3. The number of fused-ring (bicyclic) bond motifs is 6. The van der Waals surface area contributed by atoms with Crippen molar-refractivity contribution in [3.63, 3.8) is 0 Å². The van der Waals surface area contributed by atoms with E-state index in [9.17, 15) is 20.1 Å². The van der Waals surface area contributed by atoms with Crippen molar-refractivity contribution in [3.05, 3.63) is 11.6 Å². The molecule has 0 aromatic carbocycles. The third-order valence-electron chi connectivity index (χ3n) is 13.2. The maximum absolute atomic E-state index is 12.8. The van der Waals surface area contributed by atoms with E-state index in [1.807, 2.05) is 13.8 Å². The highest BCUT2D eigenvalue weighted by Crippen LogP contribution is 2.85. The summed E-state index contributed by atoms with van der Waals surface area (Å²) >= 11 is 1.12. The molecule has 5 aliphatic carbocycles. The molecule has 0 aliphatic heterocycles. The van der Waals surface area contributed by atoms with Crippen molar-refractivity contribution in [1.82, 2.24) is 0 Å². The minimum absolute atomic E-state index is 0.00490. The Bertz CT molecular complexity index is 992. The summed E-state index contributed by atoms with van der Waals surface area (Å²) in [6.07, 6.45) is 8.06. The molecule has 5 fully saturated rings. The number of aliphatic hydroxyl groups excluding tert-OH is 2. The number of carboxylic acid groups (broad SMARTS) is 1. The molecule has 5 rings (SSSR count). The Kier molecular flexibility index (Phi) is 6.50. The van der Waals surface area contributed by atoms with Gasteiger partial charge in [0.25, 0.3) is 0 Å². The van der Waals surface area contributed by atoms with Crippen LogP contribution in [-0.2, 0) is 8.98 Å². The molecule has 5 nitrogen and oxygen atoms in total. The maximum atomic E-state index is 12.8. The van der Waals surface area contributed by atoms with Crippen molar-refractivity contribution in [3.8, 4) is 0 Å². The van der Waals surface area contributed by atoms with Gasteiger partial charge in [-0.15, -0.1) is 0 Å². The average Bonchev–Trinajstić information content (AvgIpc) is 3.46. The Morgan fingerprint density at radius 2 is 1.92 bits per heavy atom. The second-order valence-electron chi connectivity index (χ2n) is 14.6. The van der Waals surface area contributed by atoms with Crippen molar-refractivity contribution < 1.29 is 24.3 Å².